The minimum Gasteiger partial charge on any atom is -0.467 e. The average Bonchev–Trinajstić information content (AvgIpc) is 2.45. The number of ether oxygens (including phenoxy) is 2. The fourth-order valence-corrected chi connectivity index (χ4v) is 3.46. The average molecular weight is 390 g/mol. The maximum Gasteiger partial charge on any atom is 0.189 e. The van der Waals surface area contributed by atoms with Crippen LogP contribution in [0.25, 0.3) is 0 Å². The van der Waals surface area contributed by atoms with Gasteiger partial charge in [-0.2, -0.15) is 0 Å². The summed E-state index contributed by atoms with van der Waals surface area (Å²) in [6, 6.07) is 5.92. The number of benzene rings is 1. The van der Waals surface area contributed by atoms with Crippen LogP contribution in [0.4, 0.5) is 0 Å². The molecule has 124 valence electrons. The van der Waals surface area contributed by atoms with E-state index in [9.17, 15) is 4.21 Å². The zero-order chi connectivity index (χ0) is 16.2. The van der Waals surface area contributed by atoms with Crippen LogP contribution < -0.4 is 9.46 Å². The largest absolute Gasteiger partial charge is 0.467 e. The van der Waals surface area contributed by atoms with E-state index in [1.54, 1.807) is 0 Å². The molecule has 2 unspecified atom stereocenters. The monoisotopic (exact) mass is 389 g/mol. The first kappa shape index (κ1) is 17.9. The highest BCUT2D eigenvalue weighted by Crippen LogP contribution is 2.33. The molecule has 0 amide bonds. The predicted octanol–water partition coefficient (Wildman–Crippen LogP) is 4.08. The van der Waals surface area contributed by atoms with Gasteiger partial charge in [0.2, 0.25) is 0 Å². The fraction of sp³-hybridized carbons (Fsp3) is 0.625. The molecule has 0 saturated heterocycles. The minimum absolute atomic E-state index is 0.00524. The molecule has 1 aromatic carbocycles. The number of halogens is 1. The Bertz CT molecular complexity index is 531. The molecule has 6 heteroatoms. The summed E-state index contributed by atoms with van der Waals surface area (Å²) in [5.74, 6) is 0.786. The van der Waals surface area contributed by atoms with E-state index in [1.807, 2.05) is 39.0 Å². The van der Waals surface area contributed by atoms with E-state index in [0.29, 0.717) is 6.61 Å². The Hall–Kier alpha value is -0.430. The molecule has 4 nitrogen and oxygen atoms in total. The van der Waals surface area contributed by atoms with Crippen LogP contribution in [0.3, 0.4) is 0 Å². The highest BCUT2D eigenvalue weighted by atomic mass is 79.9. The number of hydrogen-bond acceptors (Lipinski definition) is 3. The van der Waals surface area contributed by atoms with Gasteiger partial charge in [0, 0.05) is 16.1 Å². The highest BCUT2D eigenvalue weighted by molar-refractivity contribution is 9.10. The van der Waals surface area contributed by atoms with Crippen molar-refractivity contribution in [1.29, 1.82) is 0 Å². The second-order valence-electron chi connectivity index (χ2n) is 6.40. The van der Waals surface area contributed by atoms with E-state index < -0.39 is 11.0 Å². The highest BCUT2D eigenvalue weighted by Gasteiger charge is 2.25. The topological polar surface area (TPSA) is 47.6 Å². The van der Waals surface area contributed by atoms with Gasteiger partial charge >= 0.3 is 0 Å². The standard InChI is InChI=1S/C16H24BrNO3S/c1-16(2,3)22(19)18-14-6-4-5-9-20-11-21-15-8-7-12(17)10-13(14)15/h7-8,10,14,18H,4-6,9,11H2,1-3H3. The van der Waals surface area contributed by atoms with Crippen LogP contribution in [0.5, 0.6) is 5.75 Å². The second kappa shape index (κ2) is 7.90. The molecule has 1 aromatic rings. The number of rotatable bonds is 2. The summed E-state index contributed by atoms with van der Waals surface area (Å²) in [6.45, 7) is 6.87. The van der Waals surface area contributed by atoms with Gasteiger partial charge in [0.15, 0.2) is 6.79 Å². The summed E-state index contributed by atoms with van der Waals surface area (Å²) < 4.78 is 27.7. The van der Waals surface area contributed by atoms with Gasteiger partial charge in [-0.15, -0.1) is 0 Å². The van der Waals surface area contributed by atoms with E-state index in [2.05, 4.69) is 20.7 Å². The SMILES string of the molecule is CC(C)(C)S(=O)NC1CCCCOCOc2ccc(Br)cc21. The molecule has 1 heterocycles. The third kappa shape index (κ3) is 5.05. The van der Waals surface area contributed by atoms with Crippen molar-refractivity contribution < 1.29 is 13.7 Å². The molecule has 1 N–H and O–H groups in total. The maximum atomic E-state index is 12.5. The summed E-state index contributed by atoms with van der Waals surface area (Å²) in [4.78, 5) is 0. The molecule has 22 heavy (non-hydrogen) atoms. The van der Waals surface area contributed by atoms with Crippen molar-refractivity contribution in [2.45, 2.75) is 50.8 Å². The molecule has 2 atom stereocenters. The van der Waals surface area contributed by atoms with Crippen LogP contribution in [0, 0.1) is 0 Å². The predicted molar refractivity (Wildman–Crippen MR) is 93.2 cm³/mol. The molecule has 0 saturated carbocycles. The van der Waals surface area contributed by atoms with Gasteiger partial charge in [-0.25, -0.2) is 8.93 Å². The van der Waals surface area contributed by atoms with E-state index >= 15 is 0 Å². The smallest absolute Gasteiger partial charge is 0.189 e. The quantitative estimate of drug-likeness (QED) is 0.828. The normalized spacial score (nSPS) is 21.5. The summed E-state index contributed by atoms with van der Waals surface area (Å²) in [5, 5.41) is 0. The van der Waals surface area contributed by atoms with E-state index in [4.69, 9.17) is 9.47 Å². The minimum atomic E-state index is -1.12. The van der Waals surface area contributed by atoms with Gasteiger partial charge in [-0.3, -0.25) is 0 Å². The van der Waals surface area contributed by atoms with Crippen molar-refractivity contribution in [3.63, 3.8) is 0 Å². The Morgan fingerprint density at radius 2 is 2.09 bits per heavy atom. The van der Waals surface area contributed by atoms with Crippen molar-refractivity contribution in [1.82, 2.24) is 4.72 Å². The van der Waals surface area contributed by atoms with Crippen molar-refractivity contribution in [2.75, 3.05) is 13.4 Å². The van der Waals surface area contributed by atoms with E-state index in [1.165, 1.54) is 0 Å². The second-order valence-corrected chi connectivity index (χ2v) is 9.31. The van der Waals surface area contributed by atoms with Crippen molar-refractivity contribution >= 4 is 26.9 Å². The Labute approximate surface area is 143 Å². The lowest BCUT2D eigenvalue weighted by Crippen LogP contribution is -2.36. The van der Waals surface area contributed by atoms with E-state index in [-0.39, 0.29) is 17.6 Å². The van der Waals surface area contributed by atoms with Crippen LogP contribution in [0.15, 0.2) is 22.7 Å². The van der Waals surface area contributed by atoms with Gasteiger partial charge in [0.1, 0.15) is 5.75 Å². The third-order valence-corrected chi connectivity index (χ3v) is 5.59. The van der Waals surface area contributed by atoms with Crippen molar-refractivity contribution in [3.05, 3.63) is 28.2 Å². The van der Waals surface area contributed by atoms with Crippen LogP contribution in [0.1, 0.15) is 51.6 Å². The number of nitrogens with one attached hydrogen (secondary N) is 1. The van der Waals surface area contributed by atoms with Gasteiger partial charge in [-0.05, 0) is 58.2 Å². The molecule has 0 bridgehead atoms. The lowest BCUT2D eigenvalue weighted by molar-refractivity contribution is 0.0110. The van der Waals surface area contributed by atoms with Crippen LogP contribution >= 0.6 is 15.9 Å². The first-order valence-electron chi connectivity index (χ1n) is 7.56. The van der Waals surface area contributed by atoms with Gasteiger partial charge in [0.25, 0.3) is 0 Å². The Morgan fingerprint density at radius 1 is 1.32 bits per heavy atom. The molecule has 0 aromatic heterocycles. The molecular formula is C16H24BrNO3S. The molecule has 0 aliphatic carbocycles. The molecule has 0 spiro atoms. The van der Waals surface area contributed by atoms with Crippen molar-refractivity contribution in [3.8, 4) is 5.75 Å². The van der Waals surface area contributed by atoms with E-state index in [0.717, 1.165) is 35.0 Å². The summed E-state index contributed by atoms with van der Waals surface area (Å²) in [5.41, 5.74) is 1.03. The zero-order valence-corrected chi connectivity index (χ0v) is 15.8. The van der Waals surface area contributed by atoms with Crippen molar-refractivity contribution in [2.24, 2.45) is 0 Å². The zero-order valence-electron chi connectivity index (χ0n) is 13.4. The molecule has 1 aliphatic heterocycles. The summed E-state index contributed by atoms with van der Waals surface area (Å²) >= 11 is 3.51. The molecule has 0 fully saturated rings. The molecular weight excluding hydrogens is 366 g/mol. The van der Waals surface area contributed by atoms with Gasteiger partial charge in [0.05, 0.1) is 22.3 Å². The van der Waals surface area contributed by atoms with Gasteiger partial charge in [-0.1, -0.05) is 15.9 Å². The summed E-state index contributed by atoms with van der Waals surface area (Å²) in [7, 11) is -1.12. The molecule has 2 rings (SSSR count). The van der Waals surface area contributed by atoms with Crippen LogP contribution in [-0.2, 0) is 15.7 Å². The lowest BCUT2D eigenvalue weighted by Gasteiger charge is -2.27. The van der Waals surface area contributed by atoms with Crippen LogP contribution in [0.2, 0.25) is 0 Å². The number of fused-ring (bicyclic) bond motifs is 1. The van der Waals surface area contributed by atoms with Crippen LogP contribution in [-0.4, -0.2) is 22.4 Å². The third-order valence-electron chi connectivity index (χ3n) is 3.48. The molecule has 1 aliphatic rings. The maximum absolute atomic E-state index is 12.5. The Morgan fingerprint density at radius 3 is 2.82 bits per heavy atom. The Kier molecular flexibility index (Phi) is 6.44. The fourth-order valence-electron chi connectivity index (χ4n) is 2.22. The molecule has 0 radical (unpaired) electrons. The summed E-state index contributed by atoms with van der Waals surface area (Å²) in [6.07, 6.45) is 2.90. The lowest BCUT2D eigenvalue weighted by atomic mass is 10.0. The van der Waals surface area contributed by atoms with Gasteiger partial charge < -0.3 is 9.47 Å². The first-order chi connectivity index (χ1) is 10.4. The Balaban J connectivity index is 2.29. The number of hydrogen-bond donors (Lipinski definition) is 1. The first-order valence-corrected chi connectivity index (χ1v) is 9.50.